The Kier molecular flexibility index (Phi) is 4.06. The number of nitrogens with two attached hydrogens (primary N) is 1. The normalized spacial score (nSPS) is 17.9. The molecule has 3 nitrogen and oxygen atoms in total. The SMILES string of the molecule is CCC(N)Cc1cn(CC2CCCC2)c2ncccc12. The molecule has 1 fully saturated rings. The van der Waals surface area contributed by atoms with Gasteiger partial charge in [0.25, 0.3) is 0 Å². The summed E-state index contributed by atoms with van der Waals surface area (Å²) >= 11 is 0. The molecule has 108 valence electrons. The van der Waals surface area contributed by atoms with Crippen molar-refractivity contribution < 1.29 is 0 Å². The summed E-state index contributed by atoms with van der Waals surface area (Å²) in [6, 6.07) is 4.47. The third kappa shape index (κ3) is 2.73. The van der Waals surface area contributed by atoms with Crippen molar-refractivity contribution in [1.82, 2.24) is 9.55 Å². The summed E-state index contributed by atoms with van der Waals surface area (Å²) in [6.07, 6.45) is 11.7. The van der Waals surface area contributed by atoms with Gasteiger partial charge in [-0.15, -0.1) is 0 Å². The maximum absolute atomic E-state index is 6.14. The van der Waals surface area contributed by atoms with Crippen LogP contribution in [-0.2, 0) is 13.0 Å². The van der Waals surface area contributed by atoms with Crippen molar-refractivity contribution in [3.8, 4) is 0 Å². The summed E-state index contributed by atoms with van der Waals surface area (Å²) in [4.78, 5) is 4.60. The van der Waals surface area contributed by atoms with E-state index in [2.05, 4.69) is 28.7 Å². The quantitative estimate of drug-likeness (QED) is 0.904. The van der Waals surface area contributed by atoms with Crippen molar-refractivity contribution in [3.63, 3.8) is 0 Å². The Labute approximate surface area is 121 Å². The predicted molar refractivity (Wildman–Crippen MR) is 83.7 cm³/mol. The van der Waals surface area contributed by atoms with Crippen molar-refractivity contribution in [3.05, 3.63) is 30.1 Å². The van der Waals surface area contributed by atoms with Gasteiger partial charge in [0, 0.05) is 30.4 Å². The fourth-order valence-corrected chi connectivity index (χ4v) is 3.40. The highest BCUT2D eigenvalue weighted by Gasteiger charge is 2.18. The molecule has 0 bridgehead atoms. The van der Waals surface area contributed by atoms with E-state index in [0.717, 1.165) is 31.0 Å². The van der Waals surface area contributed by atoms with Gasteiger partial charge in [0.05, 0.1) is 0 Å². The first-order chi connectivity index (χ1) is 9.78. The summed E-state index contributed by atoms with van der Waals surface area (Å²) in [7, 11) is 0. The zero-order valence-corrected chi connectivity index (χ0v) is 12.4. The Morgan fingerprint density at radius 1 is 1.40 bits per heavy atom. The molecule has 2 aromatic rings. The summed E-state index contributed by atoms with van der Waals surface area (Å²) in [5.41, 5.74) is 8.64. The predicted octanol–water partition coefficient (Wildman–Crippen LogP) is 3.51. The smallest absolute Gasteiger partial charge is 0.140 e. The van der Waals surface area contributed by atoms with Crippen LogP contribution in [0.4, 0.5) is 0 Å². The van der Waals surface area contributed by atoms with Crippen LogP contribution in [0.3, 0.4) is 0 Å². The standard InChI is InChI=1S/C17H25N3/c1-2-15(18)10-14-12-20(11-13-6-3-4-7-13)17-16(14)8-5-9-19-17/h5,8-9,12-13,15H,2-4,6-7,10-11,18H2,1H3. The molecule has 3 heteroatoms. The number of fused-ring (bicyclic) bond motifs is 1. The van der Waals surface area contributed by atoms with Gasteiger partial charge in [-0.2, -0.15) is 0 Å². The average molecular weight is 271 g/mol. The molecule has 2 N–H and O–H groups in total. The van der Waals surface area contributed by atoms with Crippen molar-refractivity contribution in [2.75, 3.05) is 0 Å². The highest BCUT2D eigenvalue weighted by Crippen LogP contribution is 2.29. The molecule has 20 heavy (non-hydrogen) atoms. The number of nitrogens with zero attached hydrogens (tertiary/aromatic N) is 2. The molecule has 0 spiro atoms. The maximum atomic E-state index is 6.14. The van der Waals surface area contributed by atoms with Crippen LogP contribution in [0, 0.1) is 5.92 Å². The topological polar surface area (TPSA) is 43.8 Å². The van der Waals surface area contributed by atoms with Gasteiger partial charge in [0.15, 0.2) is 0 Å². The second kappa shape index (κ2) is 5.96. The molecule has 0 aromatic carbocycles. The van der Waals surface area contributed by atoms with Crippen LogP contribution in [0.2, 0.25) is 0 Å². The van der Waals surface area contributed by atoms with E-state index in [9.17, 15) is 0 Å². The molecule has 2 aromatic heterocycles. The van der Waals surface area contributed by atoms with E-state index in [-0.39, 0.29) is 6.04 Å². The number of hydrogen-bond acceptors (Lipinski definition) is 2. The van der Waals surface area contributed by atoms with Crippen LogP contribution < -0.4 is 5.73 Å². The van der Waals surface area contributed by atoms with Gasteiger partial charge < -0.3 is 10.3 Å². The van der Waals surface area contributed by atoms with Crippen LogP contribution >= 0.6 is 0 Å². The van der Waals surface area contributed by atoms with Gasteiger partial charge in [0.2, 0.25) is 0 Å². The lowest BCUT2D eigenvalue weighted by molar-refractivity contribution is 0.463. The summed E-state index contributed by atoms with van der Waals surface area (Å²) in [6.45, 7) is 3.27. The van der Waals surface area contributed by atoms with Crippen molar-refractivity contribution in [2.24, 2.45) is 11.7 Å². The van der Waals surface area contributed by atoms with E-state index in [0.29, 0.717) is 0 Å². The summed E-state index contributed by atoms with van der Waals surface area (Å²) in [5, 5.41) is 1.29. The highest BCUT2D eigenvalue weighted by atomic mass is 15.0. The molecule has 0 aliphatic heterocycles. The molecule has 1 aliphatic carbocycles. The molecule has 1 atom stereocenters. The third-order valence-electron chi connectivity index (χ3n) is 4.65. The first-order valence-electron chi connectivity index (χ1n) is 7.96. The summed E-state index contributed by atoms with van der Waals surface area (Å²) < 4.78 is 2.36. The largest absolute Gasteiger partial charge is 0.332 e. The van der Waals surface area contributed by atoms with E-state index in [1.54, 1.807) is 0 Å². The van der Waals surface area contributed by atoms with Gasteiger partial charge in [-0.05, 0) is 49.3 Å². The van der Waals surface area contributed by atoms with Gasteiger partial charge in [0.1, 0.15) is 5.65 Å². The molecule has 3 rings (SSSR count). The molecule has 0 saturated heterocycles. The van der Waals surface area contributed by atoms with Crippen LogP contribution in [0.15, 0.2) is 24.5 Å². The van der Waals surface area contributed by atoms with Crippen LogP contribution in [-0.4, -0.2) is 15.6 Å². The minimum absolute atomic E-state index is 0.251. The fraction of sp³-hybridized carbons (Fsp3) is 0.588. The molecule has 1 unspecified atom stereocenters. The summed E-state index contributed by atoms with van der Waals surface area (Å²) in [5.74, 6) is 0.834. The number of pyridine rings is 1. The van der Waals surface area contributed by atoms with Gasteiger partial charge in [-0.1, -0.05) is 19.8 Å². The number of rotatable bonds is 5. The molecular weight excluding hydrogens is 246 g/mol. The minimum Gasteiger partial charge on any atom is -0.332 e. The second-order valence-electron chi connectivity index (χ2n) is 6.20. The van der Waals surface area contributed by atoms with Crippen molar-refractivity contribution in [1.29, 1.82) is 0 Å². The van der Waals surface area contributed by atoms with E-state index in [1.165, 1.54) is 36.6 Å². The first-order valence-corrected chi connectivity index (χ1v) is 7.96. The average Bonchev–Trinajstić information content (AvgIpc) is 3.09. The third-order valence-corrected chi connectivity index (χ3v) is 4.65. The molecule has 1 aliphatic rings. The fourth-order valence-electron chi connectivity index (χ4n) is 3.40. The first kappa shape index (κ1) is 13.6. The zero-order chi connectivity index (χ0) is 13.9. The molecule has 1 saturated carbocycles. The Hall–Kier alpha value is -1.35. The van der Waals surface area contributed by atoms with Gasteiger partial charge in [-0.25, -0.2) is 4.98 Å². The van der Waals surface area contributed by atoms with E-state index in [1.807, 2.05) is 12.3 Å². The molecule has 0 radical (unpaired) electrons. The Balaban J connectivity index is 1.90. The molecule has 2 heterocycles. The monoisotopic (exact) mass is 271 g/mol. The molecular formula is C17H25N3. The molecule has 0 amide bonds. The second-order valence-corrected chi connectivity index (χ2v) is 6.20. The van der Waals surface area contributed by atoms with E-state index in [4.69, 9.17) is 5.73 Å². The Morgan fingerprint density at radius 2 is 2.20 bits per heavy atom. The lowest BCUT2D eigenvalue weighted by Crippen LogP contribution is -2.21. The zero-order valence-electron chi connectivity index (χ0n) is 12.4. The lowest BCUT2D eigenvalue weighted by Gasteiger charge is -2.10. The van der Waals surface area contributed by atoms with Crippen molar-refractivity contribution >= 4 is 11.0 Å². The van der Waals surface area contributed by atoms with Crippen LogP contribution in [0.1, 0.15) is 44.6 Å². The highest BCUT2D eigenvalue weighted by molar-refractivity contribution is 5.80. The van der Waals surface area contributed by atoms with E-state index < -0.39 is 0 Å². The lowest BCUT2D eigenvalue weighted by atomic mass is 10.1. The maximum Gasteiger partial charge on any atom is 0.140 e. The van der Waals surface area contributed by atoms with Crippen LogP contribution in [0.5, 0.6) is 0 Å². The minimum atomic E-state index is 0.251. The van der Waals surface area contributed by atoms with Gasteiger partial charge in [-0.3, -0.25) is 0 Å². The number of hydrogen-bond donors (Lipinski definition) is 1. The number of aromatic nitrogens is 2. The van der Waals surface area contributed by atoms with Gasteiger partial charge >= 0.3 is 0 Å². The Morgan fingerprint density at radius 3 is 2.95 bits per heavy atom. The van der Waals surface area contributed by atoms with Crippen molar-refractivity contribution in [2.45, 2.75) is 58.0 Å². The van der Waals surface area contributed by atoms with Crippen LogP contribution in [0.25, 0.3) is 11.0 Å². The Bertz CT molecular complexity index is 567. The van der Waals surface area contributed by atoms with E-state index >= 15 is 0 Å².